The molecule has 0 radical (unpaired) electrons. The zero-order valence-corrected chi connectivity index (χ0v) is 9.42. The fraction of sp³-hybridized carbons (Fsp3) is 0.909. The number of nitrogens with zero attached hydrogens (tertiary/aromatic N) is 2. The van der Waals surface area contributed by atoms with Crippen molar-refractivity contribution in [3.05, 3.63) is 0 Å². The molecule has 0 atom stereocenters. The van der Waals surface area contributed by atoms with Crippen molar-refractivity contribution < 1.29 is 4.74 Å². The number of aliphatic imine (C=N–C) groups is 1. The monoisotopic (exact) mass is 196 g/mol. The molecule has 14 heavy (non-hydrogen) atoms. The van der Waals surface area contributed by atoms with E-state index in [0.717, 1.165) is 31.6 Å². The van der Waals surface area contributed by atoms with Gasteiger partial charge in [0.15, 0.2) is 0 Å². The minimum absolute atomic E-state index is 0.131. The molecule has 3 heteroatoms. The topological polar surface area (TPSA) is 24.8 Å². The van der Waals surface area contributed by atoms with E-state index in [2.05, 4.69) is 30.7 Å². The summed E-state index contributed by atoms with van der Waals surface area (Å²) in [5.74, 6) is 0.876. The molecule has 2 aliphatic rings. The average Bonchev–Trinajstić information content (AvgIpc) is 2.74. The van der Waals surface area contributed by atoms with Gasteiger partial charge in [-0.25, -0.2) is 4.99 Å². The first-order chi connectivity index (χ1) is 6.57. The lowest BCUT2D eigenvalue weighted by atomic mass is 10.1. The lowest BCUT2D eigenvalue weighted by Crippen LogP contribution is -2.46. The van der Waals surface area contributed by atoms with Crippen LogP contribution in [0.25, 0.3) is 0 Å². The summed E-state index contributed by atoms with van der Waals surface area (Å²) >= 11 is 0. The highest BCUT2D eigenvalue weighted by Crippen LogP contribution is 2.32. The van der Waals surface area contributed by atoms with Crippen LogP contribution in [0.5, 0.6) is 0 Å². The number of amidine groups is 1. The molecule has 1 fully saturated rings. The van der Waals surface area contributed by atoms with Gasteiger partial charge in [0.05, 0.1) is 6.54 Å². The van der Waals surface area contributed by atoms with Crippen molar-refractivity contribution in [3.63, 3.8) is 0 Å². The van der Waals surface area contributed by atoms with Crippen LogP contribution in [0.3, 0.4) is 0 Å². The van der Waals surface area contributed by atoms with Crippen molar-refractivity contribution in [3.8, 4) is 0 Å². The zero-order valence-electron chi connectivity index (χ0n) is 9.42. The highest BCUT2D eigenvalue weighted by Gasteiger charge is 2.33. The van der Waals surface area contributed by atoms with Crippen molar-refractivity contribution in [1.82, 2.24) is 4.90 Å². The highest BCUT2D eigenvalue weighted by molar-refractivity contribution is 5.75. The maximum atomic E-state index is 5.55. The van der Waals surface area contributed by atoms with E-state index in [1.54, 1.807) is 0 Å². The maximum Gasteiger partial charge on any atom is 0.287 e. The van der Waals surface area contributed by atoms with Crippen molar-refractivity contribution in [2.75, 3.05) is 19.7 Å². The summed E-state index contributed by atoms with van der Waals surface area (Å²) in [6.45, 7) is 9.36. The van der Waals surface area contributed by atoms with Crippen LogP contribution in [0.4, 0.5) is 0 Å². The Morgan fingerprint density at radius 2 is 2.14 bits per heavy atom. The maximum absolute atomic E-state index is 5.55. The van der Waals surface area contributed by atoms with Crippen LogP contribution in [-0.2, 0) is 4.74 Å². The second-order valence-electron chi connectivity index (χ2n) is 5.24. The number of rotatable bonds is 2. The molecule has 2 rings (SSSR count). The minimum atomic E-state index is 0.131. The quantitative estimate of drug-likeness (QED) is 0.673. The molecule has 1 aliphatic carbocycles. The van der Waals surface area contributed by atoms with Gasteiger partial charge in [0.1, 0.15) is 6.61 Å². The van der Waals surface area contributed by atoms with E-state index >= 15 is 0 Å². The minimum Gasteiger partial charge on any atom is -0.463 e. The van der Waals surface area contributed by atoms with Crippen molar-refractivity contribution in [2.24, 2.45) is 10.9 Å². The third-order valence-electron chi connectivity index (χ3n) is 2.75. The molecular weight excluding hydrogens is 176 g/mol. The summed E-state index contributed by atoms with van der Waals surface area (Å²) in [5, 5.41) is 0. The number of hydrogen-bond donors (Lipinski definition) is 0. The van der Waals surface area contributed by atoms with E-state index < -0.39 is 0 Å². The molecule has 0 amide bonds. The molecule has 0 unspecified atom stereocenters. The number of hydrogen-bond acceptors (Lipinski definition) is 3. The highest BCUT2D eigenvalue weighted by atomic mass is 16.5. The van der Waals surface area contributed by atoms with E-state index in [9.17, 15) is 0 Å². The summed E-state index contributed by atoms with van der Waals surface area (Å²) < 4.78 is 5.55. The first kappa shape index (κ1) is 9.81. The molecule has 0 aromatic rings. The predicted molar refractivity (Wildman–Crippen MR) is 57.4 cm³/mol. The Morgan fingerprint density at radius 1 is 1.43 bits per heavy atom. The normalized spacial score (nSPS) is 21.8. The third-order valence-corrected chi connectivity index (χ3v) is 2.75. The largest absolute Gasteiger partial charge is 0.463 e. The van der Waals surface area contributed by atoms with Crippen LogP contribution in [0, 0.1) is 5.92 Å². The standard InChI is InChI=1S/C11H20N2O/c1-11(2,3)13(8-9-4-5-9)10-12-6-7-14-10/h9H,4-8H2,1-3H3. The Balaban J connectivity index is 2.03. The van der Waals surface area contributed by atoms with Crippen LogP contribution < -0.4 is 0 Å². The Morgan fingerprint density at radius 3 is 2.57 bits per heavy atom. The van der Waals surface area contributed by atoms with E-state index in [1.165, 1.54) is 12.8 Å². The van der Waals surface area contributed by atoms with Crippen LogP contribution in [-0.4, -0.2) is 36.2 Å². The molecule has 0 bridgehead atoms. The summed E-state index contributed by atoms with van der Waals surface area (Å²) in [7, 11) is 0. The second-order valence-corrected chi connectivity index (χ2v) is 5.24. The first-order valence-electron chi connectivity index (χ1n) is 5.52. The Hall–Kier alpha value is -0.730. The van der Waals surface area contributed by atoms with E-state index in [-0.39, 0.29) is 5.54 Å². The lowest BCUT2D eigenvalue weighted by molar-refractivity contribution is 0.170. The van der Waals surface area contributed by atoms with Crippen molar-refractivity contribution >= 4 is 6.02 Å². The van der Waals surface area contributed by atoms with Gasteiger partial charge in [-0.3, -0.25) is 0 Å². The van der Waals surface area contributed by atoms with Crippen LogP contribution in [0.15, 0.2) is 4.99 Å². The average molecular weight is 196 g/mol. The molecule has 0 aromatic carbocycles. The smallest absolute Gasteiger partial charge is 0.287 e. The van der Waals surface area contributed by atoms with Gasteiger partial charge in [-0.2, -0.15) is 0 Å². The molecule has 1 saturated carbocycles. The molecule has 0 N–H and O–H groups in total. The van der Waals surface area contributed by atoms with E-state index in [1.807, 2.05) is 0 Å². The molecule has 0 saturated heterocycles. The van der Waals surface area contributed by atoms with Crippen LogP contribution >= 0.6 is 0 Å². The molecule has 1 aliphatic heterocycles. The molecule has 1 heterocycles. The Bertz CT molecular complexity index is 238. The molecule has 0 aromatic heterocycles. The van der Waals surface area contributed by atoms with Gasteiger partial charge >= 0.3 is 0 Å². The summed E-state index contributed by atoms with van der Waals surface area (Å²) in [6, 6.07) is 0.865. The third kappa shape index (κ3) is 2.20. The van der Waals surface area contributed by atoms with Gasteiger partial charge in [-0.1, -0.05) is 0 Å². The predicted octanol–water partition coefficient (Wildman–Crippen LogP) is 1.88. The van der Waals surface area contributed by atoms with Gasteiger partial charge in [0.25, 0.3) is 6.02 Å². The molecule has 3 nitrogen and oxygen atoms in total. The second kappa shape index (κ2) is 3.44. The zero-order chi connectivity index (χ0) is 10.2. The van der Waals surface area contributed by atoms with Crippen molar-refractivity contribution in [1.29, 1.82) is 0 Å². The van der Waals surface area contributed by atoms with Crippen LogP contribution in [0.1, 0.15) is 33.6 Å². The lowest BCUT2D eigenvalue weighted by Gasteiger charge is -2.36. The fourth-order valence-corrected chi connectivity index (χ4v) is 1.68. The van der Waals surface area contributed by atoms with E-state index in [4.69, 9.17) is 4.74 Å². The Kier molecular flexibility index (Phi) is 2.41. The van der Waals surface area contributed by atoms with Gasteiger partial charge < -0.3 is 9.64 Å². The fourth-order valence-electron chi connectivity index (χ4n) is 1.68. The van der Waals surface area contributed by atoms with E-state index in [0.29, 0.717) is 0 Å². The van der Waals surface area contributed by atoms with Crippen molar-refractivity contribution in [2.45, 2.75) is 39.2 Å². The molecule has 80 valence electrons. The summed E-state index contributed by atoms with van der Waals surface area (Å²) in [4.78, 5) is 6.72. The summed E-state index contributed by atoms with van der Waals surface area (Å²) in [6.07, 6.45) is 2.75. The summed E-state index contributed by atoms with van der Waals surface area (Å²) in [5.41, 5.74) is 0.131. The van der Waals surface area contributed by atoms with Gasteiger partial charge in [-0.15, -0.1) is 0 Å². The number of ether oxygens (including phenoxy) is 1. The van der Waals surface area contributed by atoms with Gasteiger partial charge in [0.2, 0.25) is 0 Å². The van der Waals surface area contributed by atoms with Crippen LogP contribution in [0.2, 0.25) is 0 Å². The SMILES string of the molecule is CC(C)(C)N(CC1CC1)C1=NCCO1. The van der Waals surface area contributed by atoms with Gasteiger partial charge in [0, 0.05) is 12.1 Å². The molecule has 0 spiro atoms. The Labute approximate surface area is 86.1 Å². The van der Waals surface area contributed by atoms with Gasteiger partial charge in [-0.05, 0) is 39.5 Å². The molecular formula is C11H20N2O. The first-order valence-corrected chi connectivity index (χ1v) is 5.52.